The van der Waals surface area contributed by atoms with E-state index in [4.69, 9.17) is 0 Å². The van der Waals surface area contributed by atoms with Gasteiger partial charge in [-0.15, -0.1) is 0 Å². The Morgan fingerprint density at radius 1 is 1.11 bits per heavy atom. The molecule has 2 aliphatic carbocycles. The molecule has 1 aromatic heterocycles. The van der Waals surface area contributed by atoms with Crippen LogP contribution in [0.2, 0.25) is 0 Å². The number of benzene rings is 1. The maximum Gasteiger partial charge on any atom is 0.418 e. The maximum atomic E-state index is 13.7. The lowest BCUT2D eigenvalue weighted by Crippen LogP contribution is -2.31. The molecule has 0 atom stereocenters. The number of aryl methyl sites for hydroxylation is 1. The zero-order valence-electron chi connectivity index (χ0n) is 16.0. The normalized spacial score (nSPS) is 18.4. The summed E-state index contributed by atoms with van der Waals surface area (Å²) in [5, 5.41) is 3.36. The van der Waals surface area contributed by atoms with Crippen LogP contribution in [-0.4, -0.2) is 17.4 Å². The van der Waals surface area contributed by atoms with E-state index in [0.29, 0.717) is 23.4 Å². The van der Waals surface area contributed by atoms with E-state index in [0.717, 1.165) is 31.2 Å². The lowest BCUT2D eigenvalue weighted by atomic mass is 9.89. The van der Waals surface area contributed by atoms with E-state index in [1.54, 1.807) is 13.0 Å². The summed E-state index contributed by atoms with van der Waals surface area (Å²) in [7, 11) is 0. The average molecular weight is 390 g/mol. The first-order chi connectivity index (χ1) is 13.3. The highest BCUT2D eigenvalue weighted by Crippen LogP contribution is 2.44. The van der Waals surface area contributed by atoms with Crippen molar-refractivity contribution in [1.29, 1.82) is 0 Å². The molecule has 2 saturated carbocycles. The Bertz CT molecular complexity index is 897. The first-order valence-corrected chi connectivity index (χ1v) is 10.1. The molecule has 0 radical (unpaired) electrons. The van der Waals surface area contributed by atoms with Gasteiger partial charge in [-0.1, -0.05) is 19.3 Å². The lowest BCUT2D eigenvalue weighted by Gasteiger charge is -2.21. The minimum atomic E-state index is -4.50. The summed E-state index contributed by atoms with van der Waals surface area (Å²) in [4.78, 5) is 16.7. The van der Waals surface area contributed by atoms with Gasteiger partial charge in [0.25, 0.3) is 5.91 Å². The van der Waals surface area contributed by atoms with Crippen LogP contribution in [0, 0.1) is 12.8 Å². The highest BCUT2D eigenvalue weighted by atomic mass is 19.4. The number of carbonyl (C=O) groups excluding carboxylic acids is 1. The smallest absolute Gasteiger partial charge is 0.350 e. The molecule has 2 aliphatic rings. The first-order valence-electron chi connectivity index (χ1n) is 10.1. The molecule has 1 N–H and O–H groups in total. The number of nitrogens with zero attached hydrogens (tertiary/aromatic N) is 1. The quantitative estimate of drug-likeness (QED) is 0.722. The molecule has 1 aromatic carbocycles. The summed E-state index contributed by atoms with van der Waals surface area (Å²) >= 11 is 0. The molecule has 28 heavy (non-hydrogen) atoms. The molecule has 1 amide bonds. The Labute approximate surface area is 162 Å². The number of hydrogen-bond acceptors (Lipinski definition) is 2. The third-order valence-corrected chi connectivity index (χ3v) is 6.01. The zero-order chi connectivity index (χ0) is 19.9. The molecule has 2 fully saturated rings. The van der Waals surface area contributed by atoms with Crippen LogP contribution in [-0.2, 0) is 6.18 Å². The van der Waals surface area contributed by atoms with Crippen LogP contribution in [0.5, 0.6) is 0 Å². The van der Waals surface area contributed by atoms with E-state index in [1.165, 1.54) is 25.3 Å². The van der Waals surface area contributed by atoms with Crippen molar-refractivity contribution in [3.05, 3.63) is 40.6 Å². The van der Waals surface area contributed by atoms with Gasteiger partial charge in [-0.2, -0.15) is 13.2 Å². The molecule has 1 heterocycles. The molecule has 0 bridgehead atoms. The minimum Gasteiger partial charge on any atom is -0.350 e. The molecule has 6 heteroatoms. The van der Waals surface area contributed by atoms with Crippen molar-refractivity contribution >= 4 is 16.8 Å². The van der Waals surface area contributed by atoms with Gasteiger partial charge in [0.1, 0.15) is 5.69 Å². The van der Waals surface area contributed by atoms with E-state index < -0.39 is 17.6 Å². The van der Waals surface area contributed by atoms with Crippen molar-refractivity contribution in [2.45, 2.75) is 64.0 Å². The number of halogens is 3. The fraction of sp³-hybridized carbons (Fsp3) is 0.545. The number of rotatable bonds is 4. The summed E-state index contributed by atoms with van der Waals surface area (Å²) in [6.45, 7) is 2.31. The van der Waals surface area contributed by atoms with Gasteiger partial charge in [-0.3, -0.25) is 4.79 Å². The Hall–Kier alpha value is -2.11. The number of alkyl halides is 3. The average Bonchev–Trinajstić information content (AvgIpc) is 3.50. The standard InChI is InChI=1S/C22H25F3N2O/c1-13-9-19(21(28)26-12-14-5-3-2-4-6-14)27-20-17(13)10-16(15-7-8-15)11-18(20)22(23,24)25/h9-11,14-15H,2-8,12H2,1H3,(H,26,28). The molecule has 2 aromatic rings. The van der Waals surface area contributed by atoms with Gasteiger partial charge in [0, 0.05) is 11.9 Å². The second-order valence-corrected chi connectivity index (χ2v) is 8.28. The first kappa shape index (κ1) is 19.2. The van der Waals surface area contributed by atoms with Gasteiger partial charge < -0.3 is 5.32 Å². The molecule has 0 saturated heterocycles. The van der Waals surface area contributed by atoms with Crippen molar-refractivity contribution in [3.8, 4) is 0 Å². The number of fused-ring (bicyclic) bond motifs is 1. The lowest BCUT2D eigenvalue weighted by molar-refractivity contribution is -0.136. The highest BCUT2D eigenvalue weighted by Gasteiger charge is 2.36. The monoisotopic (exact) mass is 390 g/mol. The van der Waals surface area contributed by atoms with Crippen LogP contribution in [0.4, 0.5) is 13.2 Å². The topological polar surface area (TPSA) is 42.0 Å². The van der Waals surface area contributed by atoms with Crippen molar-refractivity contribution in [3.63, 3.8) is 0 Å². The van der Waals surface area contributed by atoms with E-state index in [9.17, 15) is 18.0 Å². The summed E-state index contributed by atoms with van der Waals surface area (Å²) in [6, 6.07) is 4.64. The summed E-state index contributed by atoms with van der Waals surface area (Å²) in [5.41, 5.74) is 0.571. The van der Waals surface area contributed by atoms with Crippen molar-refractivity contribution in [1.82, 2.24) is 10.3 Å². The minimum absolute atomic E-state index is 0.0606. The second-order valence-electron chi connectivity index (χ2n) is 8.28. The molecule has 150 valence electrons. The third kappa shape index (κ3) is 4.01. The van der Waals surface area contributed by atoms with E-state index in [1.807, 2.05) is 6.07 Å². The van der Waals surface area contributed by atoms with E-state index in [2.05, 4.69) is 10.3 Å². The Morgan fingerprint density at radius 2 is 1.82 bits per heavy atom. The van der Waals surface area contributed by atoms with E-state index >= 15 is 0 Å². The van der Waals surface area contributed by atoms with Crippen LogP contribution < -0.4 is 5.32 Å². The number of pyridine rings is 1. The fourth-order valence-corrected chi connectivity index (χ4v) is 4.22. The van der Waals surface area contributed by atoms with Gasteiger partial charge in [0.15, 0.2) is 0 Å². The van der Waals surface area contributed by atoms with Gasteiger partial charge in [0.2, 0.25) is 0 Å². The van der Waals surface area contributed by atoms with Gasteiger partial charge in [0.05, 0.1) is 11.1 Å². The number of nitrogens with one attached hydrogen (secondary N) is 1. The molecule has 0 unspecified atom stereocenters. The fourth-order valence-electron chi connectivity index (χ4n) is 4.22. The summed E-state index contributed by atoms with van der Waals surface area (Å²) in [6.07, 6.45) is 3.12. The summed E-state index contributed by atoms with van der Waals surface area (Å²) in [5.74, 6) is 0.268. The van der Waals surface area contributed by atoms with Crippen LogP contribution in [0.1, 0.15) is 78.0 Å². The number of carbonyl (C=O) groups is 1. The number of amides is 1. The summed E-state index contributed by atoms with van der Waals surface area (Å²) < 4.78 is 41.1. The molecule has 0 spiro atoms. The molecule has 4 rings (SSSR count). The van der Waals surface area contributed by atoms with Crippen LogP contribution >= 0.6 is 0 Å². The molecular weight excluding hydrogens is 365 g/mol. The second kappa shape index (κ2) is 7.37. The zero-order valence-corrected chi connectivity index (χ0v) is 16.0. The predicted molar refractivity (Wildman–Crippen MR) is 102 cm³/mol. The highest BCUT2D eigenvalue weighted by molar-refractivity contribution is 5.97. The van der Waals surface area contributed by atoms with Crippen LogP contribution in [0.3, 0.4) is 0 Å². The Morgan fingerprint density at radius 3 is 2.46 bits per heavy atom. The molecule has 3 nitrogen and oxygen atoms in total. The van der Waals surface area contributed by atoms with Crippen molar-refractivity contribution < 1.29 is 18.0 Å². The van der Waals surface area contributed by atoms with Gasteiger partial charge in [-0.05, 0) is 73.8 Å². The van der Waals surface area contributed by atoms with Crippen molar-refractivity contribution in [2.75, 3.05) is 6.54 Å². The Balaban J connectivity index is 1.66. The SMILES string of the molecule is Cc1cc(C(=O)NCC2CCCCC2)nc2c(C(F)(F)F)cc(C3CC3)cc12. The van der Waals surface area contributed by atoms with Crippen molar-refractivity contribution in [2.24, 2.45) is 5.92 Å². The molecular formula is C22H25F3N2O. The Kier molecular flexibility index (Phi) is 5.06. The third-order valence-electron chi connectivity index (χ3n) is 6.01. The molecule has 0 aliphatic heterocycles. The number of hydrogen-bond donors (Lipinski definition) is 1. The largest absolute Gasteiger partial charge is 0.418 e. The van der Waals surface area contributed by atoms with Crippen LogP contribution in [0.25, 0.3) is 10.9 Å². The van der Waals surface area contributed by atoms with Crippen LogP contribution in [0.15, 0.2) is 18.2 Å². The maximum absolute atomic E-state index is 13.7. The van der Waals surface area contributed by atoms with Gasteiger partial charge >= 0.3 is 6.18 Å². The number of aromatic nitrogens is 1. The predicted octanol–water partition coefficient (Wildman–Crippen LogP) is 5.75. The van der Waals surface area contributed by atoms with E-state index in [-0.39, 0.29) is 17.1 Å². The van der Waals surface area contributed by atoms with Gasteiger partial charge in [-0.25, -0.2) is 4.98 Å².